The molecule has 5 heteroatoms. The van der Waals surface area contributed by atoms with Crippen molar-refractivity contribution in [1.29, 1.82) is 0 Å². The van der Waals surface area contributed by atoms with Crippen LogP contribution >= 0.6 is 11.3 Å². The molecule has 2 aromatic carbocycles. The van der Waals surface area contributed by atoms with Crippen LogP contribution in [-0.2, 0) is 6.42 Å². The Labute approximate surface area is 162 Å². The average molecular weight is 376 g/mol. The molecule has 27 heavy (non-hydrogen) atoms. The Bertz CT molecular complexity index is 1050. The standard InChI is InChI=1S/C22H20N2O2S/c1-13-4-5-15(20(26)24-21-23-8-9-27-21)11-18(13)14-6-7-17-16(10-14)12-22(2,3)19(17)25/h4-11H,12H2,1-3H3,(H,23,24,26). The van der Waals surface area contributed by atoms with Crippen molar-refractivity contribution in [3.8, 4) is 11.1 Å². The van der Waals surface area contributed by atoms with Gasteiger partial charge in [-0.25, -0.2) is 4.98 Å². The van der Waals surface area contributed by atoms with E-state index in [9.17, 15) is 9.59 Å². The largest absolute Gasteiger partial charge is 0.298 e. The van der Waals surface area contributed by atoms with Gasteiger partial charge in [0.15, 0.2) is 10.9 Å². The Balaban J connectivity index is 1.69. The van der Waals surface area contributed by atoms with E-state index in [1.54, 1.807) is 6.20 Å². The number of carbonyl (C=O) groups is 2. The van der Waals surface area contributed by atoms with Crippen molar-refractivity contribution in [3.05, 3.63) is 70.2 Å². The highest BCUT2D eigenvalue weighted by molar-refractivity contribution is 7.13. The fourth-order valence-electron chi connectivity index (χ4n) is 3.58. The molecule has 0 unspecified atom stereocenters. The van der Waals surface area contributed by atoms with Gasteiger partial charge in [0.2, 0.25) is 0 Å². The first kappa shape index (κ1) is 17.6. The molecule has 1 amide bonds. The summed E-state index contributed by atoms with van der Waals surface area (Å²) in [7, 11) is 0. The number of carbonyl (C=O) groups excluding carboxylic acids is 2. The molecule has 3 aromatic rings. The average Bonchev–Trinajstić information content (AvgIpc) is 3.21. The van der Waals surface area contributed by atoms with Crippen LogP contribution in [0.2, 0.25) is 0 Å². The molecule has 0 saturated carbocycles. The molecule has 1 N–H and O–H groups in total. The lowest BCUT2D eigenvalue weighted by Gasteiger charge is -2.13. The zero-order valence-electron chi connectivity index (χ0n) is 15.5. The third kappa shape index (κ3) is 3.19. The number of hydrogen-bond acceptors (Lipinski definition) is 4. The zero-order chi connectivity index (χ0) is 19.2. The summed E-state index contributed by atoms with van der Waals surface area (Å²) in [6, 6.07) is 11.7. The molecule has 1 heterocycles. The minimum absolute atomic E-state index is 0.177. The summed E-state index contributed by atoms with van der Waals surface area (Å²) in [4.78, 5) is 29.1. The Morgan fingerprint density at radius 2 is 1.96 bits per heavy atom. The van der Waals surface area contributed by atoms with E-state index in [4.69, 9.17) is 0 Å². The third-order valence-electron chi connectivity index (χ3n) is 5.06. The van der Waals surface area contributed by atoms with Crippen molar-refractivity contribution in [1.82, 2.24) is 4.98 Å². The van der Waals surface area contributed by atoms with Gasteiger partial charge in [-0.1, -0.05) is 38.1 Å². The number of benzene rings is 2. The summed E-state index contributed by atoms with van der Waals surface area (Å²) in [5, 5.41) is 5.23. The lowest BCUT2D eigenvalue weighted by molar-refractivity contribution is 0.0863. The van der Waals surface area contributed by atoms with Gasteiger partial charge in [0, 0.05) is 28.1 Å². The first-order valence-corrected chi connectivity index (χ1v) is 9.73. The van der Waals surface area contributed by atoms with Gasteiger partial charge in [0.05, 0.1) is 0 Å². The number of fused-ring (bicyclic) bond motifs is 1. The van der Waals surface area contributed by atoms with Crippen LogP contribution in [0.4, 0.5) is 5.13 Å². The van der Waals surface area contributed by atoms with Crippen molar-refractivity contribution >= 4 is 28.2 Å². The molecule has 4 rings (SSSR count). The molecule has 0 aliphatic heterocycles. The highest BCUT2D eigenvalue weighted by Gasteiger charge is 2.37. The van der Waals surface area contributed by atoms with Gasteiger partial charge in [0.1, 0.15) is 0 Å². The predicted molar refractivity (Wildman–Crippen MR) is 108 cm³/mol. The summed E-state index contributed by atoms with van der Waals surface area (Å²) in [6.45, 7) is 6.01. The molecule has 0 saturated heterocycles. The number of aryl methyl sites for hydroxylation is 1. The number of Topliss-reactive ketones (excluding diaryl/α,β-unsaturated/α-hetero) is 1. The maximum Gasteiger partial charge on any atom is 0.257 e. The zero-order valence-corrected chi connectivity index (χ0v) is 16.3. The number of thiazole rings is 1. The normalized spacial score (nSPS) is 14.9. The van der Waals surface area contributed by atoms with Gasteiger partial charge in [0.25, 0.3) is 5.91 Å². The minimum atomic E-state index is -0.342. The molecule has 0 fully saturated rings. The monoisotopic (exact) mass is 376 g/mol. The summed E-state index contributed by atoms with van der Waals surface area (Å²) in [5.41, 5.74) is 5.26. The lowest BCUT2D eigenvalue weighted by atomic mass is 9.89. The van der Waals surface area contributed by atoms with Crippen molar-refractivity contribution in [2.45, 2.75) is 27.2 Å². The Hall–Kier alpha value is -2.79. The van der Waals surface area contributed by atoms with Crippen LogP contribution in [0.5, 0.6) is 0 Å². The number of nitrogens with zero attached hydrogens (tertiary/aromatic N) is 1. The van der Waals surface area contributed by atoms with Crippen LogP contribution in [0.25, 0.3) is 11.1 Å². The van der Waals surface area contributed by atoms with Gasteiger partial charge in [-0.3, -0.25) is 14.9 Å². The van der Waals surface area contributed by atoms with Crippen LogP contribution < -0.4 is 5.32 Å². The number of amides is 1. The van der Waals surface area contributed by atoms with E-state index in [0.717, 1.165) is 34.2 Å². The van der Waals surface area contributed by atoms with E-state index in [0.29, 0.717) is 10.7 Å². The number of anilines is 1. The molecule has 136 valence electrons. The Morgan fingerprint density at radius 1 is 1.15 bits per heavy atom. The van der Waals surface area contributed by atoms with Gasteiger partial charge < -0.3 is 0 Å². The molecule has 0 spiro atoms. The summed E-state index contributed by atoms with van der Waals surface area (Å²) in [5.74, 6) is 0.0287. The van der Waals surface area contributed by atoms with E-state index in [1.165, 1.54) is 11.3 Å². The van der Waals surface area contributed by atoms with Gasteiger partial charge in [-0.15, -0.1) is 11.3 Å². The van der Waals surface area contributed by atoms with E-state index in [-0.39, 0.29) is 17.1 Å². The fourth-order valence-corrected chi connectivity index (χ4v) is 4.10. The third-order valence-corrected chi connectivity index (χ3v) is 5.75. The van der Waals surface area contributed by atoms with Gasteiger partial charge in [-0.05, 0) is 47.7 Å². The molecule has 4 nitrogen and oxygen atoms in total. The van der Waals surface area contributed by atoms with Crippen LogP contribution in [-0.4, -0.2) is 16.7 Å². The molecule has 0 atom stereocenters. The van der Waals surface area contributed by atoms with Crippen molar-refractivity contribution in [2.24, 2.45) is 5.41 Å². The Kier molecular flexibility index (Phi) is 4.19. The lowest BCUT2D eigenvalue weighted by Crippen LogP contribution is -2.18. The SMILES string of the molecule is Cc1ccc(C(=O)Nc2nccs2)cc1-c1ccc2c(c1)CC(C)(C)C2=O. The van der Waals surface area contributed by atoms with Crippen LogP contribution in [0.15, 0.2) is 48.0 Å². The first-order valence-electron chi connectivity index (χ1n) is 8.85. The topological polar surface area (TPSA) is 59.1 Å². The number of rotatable bonds is 3. The van der Waals surface area contributed by atoms with E-state index in [1.807, 2.05) is 56.5 Å². The van der Waals surface area contributed by atoms with Crippen molar-refractivity contribution in [3.63, 3.8) is 0 Å². The van der Waals surface area contributed by atoms with Crippen LogP contribution in [0, 0.1) is 12.3 Å². The maximum absolute atomic E-state index is 12.5. The second-order valence-corrected chi connectivity index (χ2v) is 8.48. The van der Waals surface area contributed by atoms with Crippen molar-refractivity contribution < 1.29 is 9.59 Å². The summed E-state index contributed by atoms with van der Waals surface area (Å²) in [6.07, 6.45) is 2.41. The van der Waals surface area contributed by atoms with E-state index < -0.39 is 0 Å². The molecular weight excluding hydrogens is 356 g/mol. The fraction of sp³-hybridized carbons (Fsp3) is 0.227. The molecule has 1 aliphatic rings. The maximum atomic E-state index is 12.5. The molecule has 0 radical (unpaired) electrons. The van der Waals surface area contributed by atoms with Gasteiger partial charge in [-0.2, -0.15) is 0 Å². The smallest absolute Gasteiger partial charge is 0.257 e. The molecule has 1 aliphatic carbocycles. The van der Waals surface area contributed by atoms with Crippen LogP contribution in [0.1, 0.15) is 45.7 Å². The number of nitrogens with one attached hydrogen (secondary N) is 1. The summed E-state index contributed by atoms with van der Waals surface area (Å²) >= 11 is 1.39. The quantitative estimate of drug-likeness (QED) is 0.689. The summed E-state index contributed by atoms with van der Waals surface area (Å²) < 4.78 is 0. The molecule has 1 aromatic heterocycles. The Morgan fingerprint density at radius 3 is 2.70 bits per heavy atom. The first-order chi connectivity index (χ1) is 12.8. The molecular formula is C22H20N2O2S. The second-order valence-electron chi connectivity index (χ2n) is 7.58. The number of hydrogen-bond donors (Lipinski definition) is 1. The highest BCUT2D eigenvalue weighted by atomic mass is 32.1. The van der Waals surface area contributed by atoms with E-state index >= 15 is 0 Å². The second kappa shape index (κ2) is 6.43. The number of aromatic nitrogens is 1. The minimum Gasteiger partial charge on any atom is -0.298 e. The predicted octanol–water partition coefficient (Wildman–Crippen LogP) is 5.14. The van der Waals surface area contributed by atoms with E-state index in [2.05, 4.69) is 16.4 Å². The number of ketones is 1. The molecule has 0 bridgehead atoms. The van der Waals surface area contributed by atoms with Crippen molar-refractivity contribution in [2.75, 3.05) is 5.32 Å². The highest BCUT2D eigenvalue weighted by Crippen LogP contribution is 2.38. The van der Waals surface area contributed by atoms with Gasteiger partial charge >= 0.3 is 0 Å². The van der Waals surface area contributed by atoms with Crippen LogP contribution in [0.3, 0.4) is 0 Å².